The van der Waals surface area contributed by atoms with Gasteiger partial charge in [0.1, 0.15) is 4.21 Å². The van der Waals surface area contributed by atoms with Gasteiger partial charge in [-0.05, 0) is 51.0 Å². The van der Waals surface area contributed by atoms with Crippen molar-refractivity contribution in [2.75, 3.05) is 26.2 Å². The van der Waals surface area contributed by atoms with E-state index in [1.165, 1.54) is 10.4 Å². The van der Waals surface area contributed by atoms with Crippen LogP contribution in [0.15, 0.2) is 15.7 Å². The Morgan fingerprint density at radius 3 is 2.40 bits per heavy atom. The van der Waals surface area contributed by atoms with Crippen molar-refractivity contribution in [3.05, 3.63) is 17.0 Å². The first-order valence-corrected chi connectivity index (χ1v) is 13.2. The molecule has 9 heteroatoms. The third-order valence-electron chi connectivity index (χ3n) is 6.31. The van der Waals surface area contributed by atoms with E-state index in [1.807, 2.05) is 18.7 Å². The number of nitrogens with zero attached hydrogens (tertiary/aromatic N) is 2. The van der Waals surface area contributed by atoms with Crippen LogP contribution < -0.4 is 5.32 Å². The van der Waals surface area contributed by atoms with Crippen LogP contribution in [0.3, 0.4) is 0 Å². The maximum absolute atomic E-state index is 13.1. The molecule has 2 saturated heterocycles. The number of hydrogen-bond acceptors (Lipinski definition) is 5. The summed E-state index contributed by atoms with van der Waals surface area (Å²) in [5, 5.41) is 4.64. The summed E-state index contributed by atoms with van der Waals surface area (Å²) < 4.78 is 27.8. The number of nitrogens with one attached hydrogen (secondary N) is 1. The molecule has 0 aliphatic carbocycles. The molecule has 1 aromatic heterocycles. The molecule has 0 bridgehead atoms. The first-order valence-electron chi connectivity index (χ1n) is 10.9. The van der Waals surface area contributed by atoms with Gasteiger partial charge in [-0.1, -0.05) is 13.8 Å². The Kier molecular flexibility index (Phi) is 7.57. The third kappa shape index (κ3) is 5.23. The average molecular weight is 456 g/mol. The number of rotatable bonds is 6. The predicted octanol–water partition coefficient (Wildman–Crippen LogP) is 2.94. The lowest BCUT2D eigenvalue weighted by Gasteiger charge is -2.31. The minimum absolute atomic E-state index is 0.0151. The zero-order chi connectivity index (χ0) is 21.9. The Morgan fingerprint density at radius 2 is 1.80 bits per heavy atom. The van der Waals surface area contributed by atoms with Crippen LogP contribution in [0.4, 0.5) is 0 Å². The van der Waals surface area contributed by atoms with Gasteiger partial charge >= 0.3 is 0 Å². The maximum atomic E-state index is 13.1. The molecule has 1 N–H and O–H groups in total. The highest BCUT2D eigenvalue weighted by molar-refractivity contribution is 7.91. The molecule has 0 aromatic carbocycles. The molecule has 2 aliphatic heterocycles. The molecule has 2 amide bonds. The van der Waals surface area contributed by atoms with E-state index in [1.54, 1.807) is 5.38 Å². The Morgan fingerprint density at radius 1 is 1.17 bits per heavy atom. The number of piperidine rings is 2. The molecule has 0 radical (unpaired) electrons. The number of carbonyl (C=O) groups is 2. The van der Waals surface area contributed by atoms with Gasteiger partial charge in [0.25, 0.3) is 15.9 Å². The molecule has 7 nitrogen and oxygen atoms in total. The third-order valence-corrected chi connectivity index (χ3v) is 9.63. The van der Waals surface area contributed by atoms with Gasteiger partial charge in [0.05, 0.1) is 5.56 Å². The van der Waals surface area contributed by atoms with Gasteiger partial charge in [-0.25, -0.2) is 8.42 Å². The van der Waals surface area contributed by atoms with Crippen LogP contribution in [0.2, 0.25) is 0 Å². The molecular formula is C21H33N3O4S2. The summed E-state index contributed by atoms with van der Waals surface area (Å²) in [5.41, 5.74) is 0.455. The van der Waals surface area contributed by atoms with E-state index < -0.39 is 10.0 Å². The summed E-state index contributed by atoms with van der Waals surface area (Å²) in [4.78, 5) is 26.9. The molecule has 1 aromatic rings. The van der Waals surface area contributed by atoms with Crippen LogP contribution in [0.1, 0.15) is 63.2 Å². The quantitative estimate of drug-likeness (QED) is 0.715. The summed E-state index contributed by atoms with van der Waals surface area (Å²) in [5.74, 6) is 0.413. The van der Waals surface area contributed by atoms with E-state index in [2.05, 4.69) is 12.2 Å². The van der Waals surface area contributed by atoms with Crippen molar-refractivity contribution in [3.63, 3.8) is 0 Å². The second-order valence-electron chi connectivity index (χ2n) is 8.63. The van der Waals surface area contributed by atoms with Crippen molar-refractivity contribution in [2.24, 2.45) is 11.8 Å². The standard InChI is InChI=1S/C21H33N3O4S2/c1-4-16(3)22-20(25)17-7-11-24(12-8-17)30(27,28)19-13-18(14-29-19)21(26)23-9-5-15(2)6-10-23/h13-17H,4-12H2,1-3H3,(H,22,25). The van der Waals surface area contributed by atoms with Crippen LogP contribution in [-0.4, -0.2) is 61.7 Å². The van der Waals surface area contributed by atoms with Crippen molar-refractivity contribution >= 4 is 33.2 Å². The largest absolute Gasteiger partial charge is 0.353 e. The predicted molar refractivity (Wildman–Crippen MR) is 118 cm³/mol. The second-order valence-corrected chi connectivity index (χ2v) is 11.7. The molecule has 1 atom stereocenters. The fourth-order valence-electron chi connectivity index (χ4n) is 3.91. The normalized spacial score (nSPS) is 20.8. The maximum Gasteiger partial charge on any atom is 0.254 e. The Labute approximate surface area is 183 Å². The number of thiophene rings is 1. The van der Waals surface area contributed by atoms with Gasteiger partial charge in [-0.2, -0.15) is 4.31 Å². The smallest absolute Gasteiger partial charge is 0.254 e. The molecule has 3 rings (SSSR count). The summed E-state index contributed by atoms with van der Waals surface area (Å²) >= 11 is 1.11. The first kappa shape index (κ1) is 23.2. The van der Waals surface area contributed by atoms with E-state index in [-0.39, 0.29) is 28.0 Å². The fourth-order valence-corrected chi connectivity index (χ4v) is 6.68. The van der Waals surface area contributed by atoms with Gasteiger partial charge in [0.15, 0.2) is 0 Å². The van der Waals surface area contributed by atoms with Crippen LogP contribution >= 0.6 is 11.3 Å². The highest BCUT2D eigenvalue weighted by atomic mass is 32.2. The summed E-state index contributed by atoms with van der Waals surface area (Å²) in [6.45, 7) is 8.28. The van der Waals surface area contributed by atoms with E-state index in [0.29, 0.717) is 37.4 Å². The lowest BCUT2D eigenvalue weighted by atomic mass is 9.97. The number of hydrogen-bond donors (Lipinski definition) is 1. The highest BCUT2D eigenvalue weighted by Crippen LogP contribution is 2.29. The van der Waals surface area contributed by atoms with Crippen molar-refractivity contribution in [1.82, 2.24) is 14.5 Å². The topological polar surface area (TPSA) is 86.8 Å². The molecule has 2 fully saturated rings. The minimum atomic E-state index is -3.64. The van der Waals surface area contributed by atoms with Crippen LogP contribution in [-0.2, 0) is 14.8 Å². The zero-order valence-electron chi connectivity index (χ0n) is 18.1. The molecule has 3 heterocycles. The first-order chi connectivity index (χ1) is 14.2. The molecule has 0 spiro atoms. The zero-order valence-corrected chi connectivity index (χ0v) is 19.7. The molecule has 168 valence electrons. The van der Waals surface area contributed by atoms with Crippen molar-refractivity contribution in [3.8, 4) is 0 Å². The number of amides is 2. The van der Waals surface area contributed by atoms with Crippen molar-refractivity contribution in [1.29, 1.82) is 0 Å². The monoisotopic (exact) mass is 455 g/mol. The van der Waals surface area contributed by atoms with E-state index in [0.717, 1.165) is 43.7 Å². The number of sulfonamides is 1. The van der Waals surface area contributed by atoms with Crippen LogP contribution in [0.5, 0.6) is 0 Å². The lowest BCUT2D eigenvalue weighted by Crippen LogP contribution is -2.44. The number of likely N-dealkylation sites (tertiary alicyclic amines) is 1. The molecule has 30 heavy (non-hydrogen) atoms. The van der Waals surface area contributed by atoms with Gasteiger partial charge in [0.2, 0.25) is 5.91 Å². The lowest BCUT2D eigenvalue weighted by molar-refractivity contribution is -0.126. The average Bonchev–Trinajstić information content (AvgIpc) is 3.25. The van der Waals surface area contributed by atoms with Crippen molar-refractivity contribution < 1.29 is 18.0 Å². The van der Waals surface area contributed by atoms with E-state index in [9.17, 15) is 18.0 Å². The summed E-state index contributed by atoms with van der Waals surface area (Å²) in [6, 6.07) is 1.65. The Balaban J connectivity index is 1.60. The SMILES string of the molecule is CCC(C)NC(=O)C1CCN(S(=O)(=O)c2cc(C(=O)N3CCC(C)CC3)cs2)CC1. The fraction of sp³-hybridized carbons (Fsp3) is 0.714. The number of carbonyl (C=O) groups excluding carboxylic acids is 2. The van der Waals surface area contributed by atoms with Gasteiger partial charge in [-0.15, -0.1) is 11.3 Å². The molecule has 1 unspecified atom stereocenters. The second kappa shape index (κ2) is 9.78. The van der Waals surface area contributed by atoms with E-state index >= 15 is 0 Å². The molecule has 2 aliphatic rings. The van der Waals surface area contributed by atoms with Gasteiger partial charge in [-0.3, -0.25) is 9.59 Å². The highest BCUT2D eigenvalue weighted by Gasteiger charge is 2.34. The Bertz CT molecular complexity index is 851. The van der Waals surface area contributed by atoms with Gasteiger partial charge < -0.3 is 10.2 Å². The van der Waals surface area contributed by atoms with E-state index in [4.69, 9.17) is 0 Å². The molecular weight excluding hydrogens is 422 g/mol. The minimum Gasteiger partial charge on any atom is -0.353 e. The van der Waals surface area contributed by atoms with Gasteiger partial charge in [0, 0.05) is 43.5 Å². The molecule has 0 saturated carbocycles. The Hall–Kier alpha value is -1.45. The summed E-state index contributed by atoms with van der Waals surface area (Å²) in [6.07, 6.45) is 3.88. The summed E-state index contributed by atoms with van der Waals surface area (Å²) in [7, 11) is -3.64. The van der Waals surface area contributed by atoms with Crippen molar-refractivity contribution in [2.45, 2.75) is 63.1 Å². The van der Waals surface area contributed by atoms with Crippen LogP contribution in [0, 0.1) is 11.8 Å². The van der Waals surface area contributed by atoms with Crippen LogP contribution in [0.25, 0.3) is 0 Å².